The van der Waals surface area contributed by atoms with Gasteiger partial charge in [-0.2, -0.15) is 0 Å². The average molecular weight is 326 g/mol. The van der Waals surface area contributed by atoms with Crippen LogP contribution >= 0.6 is 0 Å². The summed E-state index contributed by atoms with van der Waals surface area (Å²) in [5.74, 6) is -0.159. The van der Waals surface area contributed by atoms with Gasteiger partial charge in [0.15, 0.2) is 0 Å². The minimum atomic E-state index is -0.472. The highest BCUT2D eigenvalue weighted by Gasteiger charge is 2.25. The van der Waals surface area contributed by atoms with Crippen LogP contribution in [0, 0.1) is 10.1 Å². The predicted octanol–water partition coefficient (Wildman–Crippen LogP) is 3.01. The molecule has 2 aromatic rings. The molecular weight excluding hydrogens is 308 g/mol. The second-order valence-electron chi connectivity index (χ2n) is 5.76. The molecule has 7 nitrogen and oxygen atoms in total. The molecule has 0 saturated carbocycles. The second-order valence-corrected chi connectivity index (χ2v) is 5.76. The van der Waals surface area contributed by atoms with E-state index >= 15 is 0 Å². The highest BCUT2D eigenvalue weighted by atomic mass is 16.6. The molecule has 1 atom stereocenters. The van der Waals surface area contributed by atoms with Gasteiger partial charge in [-0.25, -0.2) is 0 Å². The van der Waals surface area contributed by atoms with Crippen LogP contribution < -0.4 is 5.32 Å². The quantitative estimate of drug-likeness (QED) is 0.674. The van der Waals surface area contributed by atoms with Crippen LogP contribution in [-0.2, 0) is 0 Å². The molecule has 24 heavy (non-hydrogen) atoms. The first-order chi connectivity index (χ1) is 11.6. The number of amides is 1. The summed E-state index contributed by atoms with van der Waals surface area (Å²) in [5.41, 5.74) is 1.40. The minimum Gasteiger partial charge on any atom is -0.371 e. The fourth-order valence-corrected chi connectivity index (χ4v) is 2.58. The normalized spacial score (nSPS) is 14.6. The van der Waals surface area contributed by atoms with Gasteiger partial charge in [-0.1, -0.05) is 6.07 Å². The van der Waals surface area contributed by atoms with Gasteiger partial charge < -0.3 is 10.2 Å². The first kappa shape index (κ1) is 15.9. The van der Waals surface area contributed by atoms with E-state index in [0.29, 0.717) is 24.3 Å². The van der Waals surface area contributed by atoms with Gasteiger partial charge in [0.25, 0.3) is 11.6 Å². The van der Waals surface area contributed by atoms with E-state index in [1.807, 2.05) is 25.1 Å². The number of hydrogen-bond acceptors (Lipinski definition) is 5. The zero-order chi connectivity index (χ0) is 17.1. The number of rotatable bonds is 5. The lowest BCUT2D eigenvalue weighted by atomic mass is 10.1. The number of nitro groups is 1. The molecule has 0 radical (unpaired) electrons. The monoisotopic (exact) mass is 326 g/mol. The van der Waals surface area contributed by atoms with Gasteiger partial charge in [0.1, 0.15) is 5.69 Å². The molecule has 3 rings (SSSR count). The van der Waals surface area contributed by atoms with Crippen molar-refractivity contribution in [1.29, 1.82) is 0 Å². The third-order valence-corrected chi connectivity index (χ3v) is 4.09. The van der Waals surface area contributed by atoms with Crippen LogP contribution in [0.2, 0.25) is 0 Å². The number of carbonyl (C=O) groups excluding carboxylic acids is 1. The number of pyridine rings is 1. The Morgan fingerprint density at radius 3 is 2.71 bits per heavy atom. The lowest BCUT2D eigenvalue weighted by molar-refractivity contribution is -0.384. The molecule has 7 heteroatoms. The molecule has 1 unspecified atom stereocenters. The molecule has 0 spiro atoms. The number of anilines is 1. The Bertz CT molecular complexity index is 760. The number of nitrogens with one attached hydrogen (secondary N) is 1. The van der Waals surface area contributed by atoms with Gasteiger partial charge >= 0.3 is 0 Å². The fraction of sp³-hybridized carbons (Fsp3) is 0.294. The maximum atomic E-state index is 12.2. The molecule has 0 bridgehead atoms. The van der Waals surface area contributed by atoms with Crippen molar-refractivity contribution in [3.8, 4) is 0 Å². The first-order valence-electron chi connectivity index (χ1n) is 7.81. The highest BCUT2D eigenvalue weighted by Crippen LogP contribution is 2.29. The maximum absolute atomic E-state index is 12.2. The predicted molar refractivity (Wildman–Crippen MR) is 89.9 cm³/mol. The largest absolute Gasteiger partial charge is 0.371 e. The topological polar surface area (TPSA) is 88.4 Å². The second kappa shape index (κ2) is 6.66. The van der Waals surface area contributed by atoms with E-state index in [0.717, 1.165) is 12.1 Å². The standard InChI is InChI=1S/C17H18N4O3/c1-12(14-5-2-3-8-18-14)19-15-7-6-13(11-16(15)21(23)24)17(22)20-9-4-10-20/h2-3,5-8,11-12,19H,4,9-10H2,1H3. The van der Waals surface area contributed by atoms with Crippen LogP contribution in [-0.4, -0.2) is 33.8 Å². The zero-order valence-corrected chi connectivity index (χ0v) is 13.3. The van der Waals surface area contributed by atoms with Crippen LogP contribution in [0.3, 0.4) is 0 Å². The van der Waals surface area contributed by atoms with Gasteiger partial charge in [0.2, 0.25) is 0 Å². The molecule has 1 fully saturated rings. The number of nitrogens with zero attached hydrogens (tertiary/aromatic N) is 3. The molecule has 1 aliphatic heterocycles. The van der Waals surface area contributed by atoms with Crippen LogP contribution in [0.25, 0.3) is 0 Å². The number of likely N-dealkylation sites (tertiary alicyclic amines) is 1. The van der Waals surface area contributed by atoms with E-state index in [9.17, 15) is 14.9 Å². The summed E-state index contributed by atoms with van der Waals surface area (Å²) in [7, 11) is 0. The third kappa shape index (κ3) is 3.19. The summed E-state index contributed by atoms with van der Waals surface area (Å²) < 4.78 is 0. The summed E-state index contributed by atoms with van der Waals surface area (Å²) in [6.45, 7) is 3.30. The van der Waals surface area contributed by atoms with Gasteiger partial charge in [-0.15, -0.1) is 0 Å². The Morgan fingerprint density at radius 2 is 2.12 bits per heavy atom. The third-order valence-electron chi connectivity index (χ3n) is 4.09. The summed E-state index contributed by atoms with van der Waals surface area (Å²) in [6.07, 6.45) is 2.66. The van der Waals surface area contributed by atoms with E-state index in [4.69, 9.17) is 0 Å². The molecule has 1 amide bonds. The first-order valence-corrected chi connectivity index (χ1v) is 7.81. The Labute approximate surface area is 139 Å². The van der Waals surface area contributed by atoms with Gasteiger partial charge in [-0.3, -0.25) is 19.9 Å². The molecule has 1 saturated heterocycles. The van der Waals surface area contributed by atoms with Gasteiger partial charge in [-0.05, 0) is 37.6 Å². The van der Waals surface area contributed by atoms with E-state index in [2.05, 4.69) is 10.3 Å². The Kier molecular flexibility index (Phi) is 4.41. The zero-order valence-electron chi connectivity index (χ0n) is 13.3. The van der Waals surface area contributed by atoms with E-state index in [1.54, 1.807) is 23.2 Å². The smallest absolute Gasteiger partial charge is 0.293 e. The number of hydrogen-bond donors (Lipinski definition) is 1. The molecule has 1 aromatic heterocycles. The van der Waals surface area contributed by atoms with Gasteiger partial charge in [0.05, 0.1) is 16.7 Å². The SMILES string of the molecule is CC(Nc1ccc(C(=O)N2CCC2)cc1[N+](=O)[O-])c1ccccn1. The van der Waals surface area contributed by atoms with E-state index in [1.165, 1.54) is 6.07 Å². The minimum absolute atomic E-state index is 0.107. The summed E-state index contributed by atoms with van der Waals surface area (Å²) in [6, 6.07) is 9.89. The lowest BCUT2D eigenvalue weighted by Gasteiger charge is -2.30. The summed E-state index contributed by atoms with van der Waals surface area (Å²) >= 11 is 0. The molecular formula is C17H18N4O3. The fourth-order valence-electron chi connectivity index (χ4n) is 2.58. The molecule has 0 aliphatic carbocycles. The number of nitro benzene ring substituents is 1. The molecule has 1 N–H and O–H groups in total. The Morgan fingerprint density at radius 1 is 1.33 bits per heavy atom. The number of carbonyl (C=O) groups is 1. The Balaban J connectivity index is 1.84. The number of aromatic nitrogens is 1. The molecule has 2 heterocycles. The van der Waals surface area contributed by atoms with Crippen molar-refractivity contribution in [2.24, 2.45) is 0 Å². The van der Waals surface area contributed by atoms with Crippen molar-refractivity contribution in [3.05, 3.63) is 64.0 Å². The summed E-state index contributed by atoms with van der Waals surface area (Å²) in [4.78, 5) is 29.1. The van der Waals surface area contributed by atoms with Crippen molar-refractivity contribution in [2.75, 3.05) is 18.4 Å². The van der Waals surface area contributed by atoms with Crippen LogP contribution in [0.4, 0.5) is 11.4 Å². The number of benzene rings is 1. The van der Waals surface area contributed by atoms with Gasteiger partial charge in [0, 0.05) is 30.9 Å². The van der Waals surface area contributed by atoms with E-state index in [-0.39, 0.29) is 17.6 Å². The average Bonchev–Trinajstić information content (AvgIpc) is 2.54. The Hall–Kier alpha value is -2.96. The van der Waals surface area contributed by atoms with Crippen molar-refractivity contribution in [1.82, 2.24) is 9.88 Å². The van der Waals surface area contributed by atoms with Crippen molar-refractivity contribution >= 4 is 17.3 Å². The summed E-state index contributed by atoms with van der Waals surface area (Å²) in [5, 5.41) is 14.5. The van der Waals surface area contributed by atoms with Crippen LogP contribution in [0.1, 0.15) is 35.4 Å². The van der Waals surface area contributed by atoms with E-state index < -0.39 is 4.92 Å². The molecule has 1 aromatic carbocycles. The van der Waals surface area contributed by atoms with Crippen LogP contribution in [0.15, 0.2) is 42.6 Å². The molecule has 124 valence electrons. The lowest BCUT2D eigenvalue weighted by Crippen LogP contribution is -2.42. The maximum Gasteiger partial charge on any atom is 0.293 e. The van der Waals surface area contributed by atoms with Crippen molar-refractivity contribution in [2.45, 2.75) is 19.4 Å². The van der Waals surface area contributed by atoms with Crippen LogP contribution in [0.5, 0.6) is 0 Å². The highest BCUT2D eigenvalue weighted by molar-refractivity contribution is 5.96. The molecule has 1 aliphatic rings. The van der Waals surface area contributed by atoms with Crippen molar-refractivity contribution < 1.29 is 9.72 Å². The van der Waals surface area contributed by atoms with Crippen molar-refractivity contribution in [3.63, 3.8) is 0 Å².